The Morgan fingerprint density at radius 2 is 2.17 bits per heavy atom. The van der Waals surface area contributed by atoms with Crippen LogP contribution in [0.4, 0.5) is 0 Å². The van der Waals surface area contributed by atoms with E-state index in [1.807, 2.05) is 7.05 Å². The van der Waals surface area contributed by atoms with Gasteiger partial charge in [-0.1, -0.05) is 48.1 Å². The highest BCUT2D eigenvalue weighted by Gasteiger charge is 2.13. The predicted molar refractivity (Wildman–Crippen MR) is 76.0 cm³/mol. The molecule has 1 heterocycles. The summed E-state index contributed by atoms with van der Waals surface area (Å²) in [5.41, 5.74) is 2.59. The first-order chi connectivity index (χ1) is 8.72. The van der Waals surface area contributed by atoms with Crippen LogP contribution in [0.2, 0.25) is 0 Å². The molecule has 1 unspecified atom stereocenters. The molecule has 0 bridgehead atoms. The average molecular weight is 261 g/mol. The summed E-state index contributed by atoms with van der Waals surface area (Å²) in [7, 11) is 1.97. The molecule has 0 spiro atoms. The Kier molecular flexibility index (Phi) is 4.44. The summed E-state index contributed by atoms with van der Waals surface area (Å²) in [5, 5.41) is 14.0. The smallest absolute Gasteiger partial charge is 0.134 e. The maximum absolute atomic E-state index is 4.29. The molecular formula is C14H19N3S. The SMILES string of the molecule is CCC(NC)c1nnc(Cc2cccc(C)c2)s1. The molecule has 1 aromatic carbocycles. The normalized spacial score (nSPS) is 12.6. The summed E-state index contributed by atoms with van der Waals surface area (Å²) >= 11 is 1.71. The summed E-state index contributed by atoms with van der Waals surface area (Å²) in [6.07, 6.45) is 1.91. The van der Waals surface area contributed by atoms with Gasteiger partial charge in [0.25, 0.3) is 0 Å². The fraction of sp³-hybridized carbons (Fsp3) is 0.429. The molecule has 4 heteroatoms. The molecule has 1 atom stereocenters. The van der Waals surface area contributed by atoms with Gasteiger partial charge in [0, 0.05) is 6.42 Å². The summed E-state index contributed by atoms with van der Waals surface area (Å²) in [6, 6.07) is 8.88. The summed E-state index contributed by atoms with van der Waals surface area (Å²) in [6.45, 7) is 4.27. The van der Waals surface area contributed by atoms with Gasteiger partial charge in [-0.25, -0.2) is 0 Å². The molecule has 1 N–H and O–H groups in total. The second-order valence-electron chi connectivity index (χ2n) is 4.45. The number of rotatable bonds is 5. The van der Waals surface area contributed by atoms with Crippen LogP contribution in [0.3, 0.4) is 0 Å². The molecule has 18 heavy (non-hydrogen) atoms. The first kappa shape index (κ1) is 13.2. The zero-order chi connectivity index (χ0) is 13.0. The Bertz CT molecular complexity index is 503. The lowest BCUT2D eigenvalue weighted by atomic mass is 10.1. The van der Waals surface area contributed by atoms with Crippen molar-refractivity contribution >= 4 is 11.3 Å². The van der Waals surface area contributed by atoms with Crippen LogP contribution >= 0.6 is 11.3 Å². The molecule has 3 nitrogen and oxygen atoms in total. The van der Waals surface area contributed by atoms with Gasteiger partial charge in [-0.3, -0.25) is 0 Å². The maximum atomic E-state index is 4.29. The number of aryl methyl sites for hydroxylation is 1. The van der Waals surface area contributed by atoms with Gasteiger partial charge in [0.05, 0.1) is 6.04 Å². The largest absolute Gasteiger partial charge is 0.311 e. The van der Waals surface area contributed by atoms with Gasteiger partial charge in [0.2, 0.25) is 0 Å². The van der Waals surface area contributed by atoms with Crippen molar-refractivity contribution in [2.45, 2.75) is 32.7 Å². The highest BCUT2D eigenvalue weighted by molar-refractivity contribution is 7.11. The quantitative estimate of drug-likeness (QED) is 0.898. The maximum Gasteiger partial charge on any atom is 0.134 e. The fourth-order valence-electron chi connectivity index (χ4n) is 1.98. The van der Waals surface area contributed by atoms with Gasteiger partial charge < -0.3 is 5.32 Å². The van der Waals surface area contributed by atoms with E-state index in [-0.39, 0.29) is 0 Å². The third-order valence-electron chi connectivity index (χ3n) is 2.98. The highest BCUT2D eigenvalue weighted by Crippen LogP contribution is 2.22. The van der Waals surface area contributed by atoms with Crippen LogP contribution in [-0.2, 0) is 6.42 Å². The van der Waals surface area contributed by atoms with Crippen LogP contribution in [0.25, 0.3) is 0 Å². The van der Waals surface area contributed by atoms with Crippen molar-refractivity contribution < 1.29 is 0 Å². The average Bonchev–Trinajstić information content (AvgIpc) is 2.79. The number of aromatic nitrogens is 2. The molecule has 2 rings (SSSR count). The zero-order valence-electron chi connectivity index (χ0n) is 11.1. The number of benzene rings is 1. The van der Waals surface area contributed by atoms with Gasteiger partial charge in [-0.15, -0.1) is 10.2 Å². The van der Waals surface area contributed by atoms with Crippen LogP contribution in [-0.4, -0.2) is 17.2 Å². The molecule has 0 aliphatic rings. The van der Waals surface area contributed by atoms with E-state index in [1.54, 1.807) is 11.3 Å². The first-order valence-corrected chi connectivity index (χ1v) is 7.09. The first-order valence-electron chi connectivity index (χ1n) is 6.28. The van der Waals surface area contributed by atoms with Crippen molar-refractivity contribution in [2.24, 2.45) is 0 Å². The Hall–Kier alpha value is -1.26. The molecule has 0 saturated heterocycles. The Labute approximate surface area is 112 Å². The van der Waals surface area contributed by atoms with Gasteiger partial charge >= 0.3 is 0 Å². The second-order valence-corrected chi connectivity index (χ2v) is 5.54. The molecule has 0 aliphatic carbocycles. The number of nitrogens with zero attached hydrogens (tertiary/aromatic N) is 2. The van der Waals surface area contributed by atoms with E-state index >= 15 is 0 Å². The number of hydrogen-bond donors (Lipinski definition) is 1. The van der Waals surface area contributed by atoms with Crippen molar-refractivity contribution in [2.75, 3.05) is 7.05 Å². The van der Waals surface area contributed by atoms with Gasteiger partial charge in [-0.05, 0) is 26.0 Å². The minimum atomic E-state index is 0.328. The summed E-state index contributed by atoms with van der Waals surface area (Å²) in [4.78, 5) is 0. The number of hydrogen-bond acceptors (Lipinski definition) is 4. The topological polar surface area (TPSA) is 37.8 Å². The Morgan fingerprint density at radius 3 is 2.83 bits per heavy atom. The van der Waals surface area contributed by atoms with E-state index in [0.29, 0.717) is 6.04 Å². The standard InChI is InChI=1S/C14H19N3S/c1-4-12(15-3)14-17-16-13(18-14)9-11-7-5-6-10(2)8-11/h5-8,12,15H,4,9H2,1-3H3. The Morgan fingerprint density at radius 1 is 1.33 bits per heavy atom. The fourth-order valence-corrected chi connectivity index (χ4v) is 3.05. The molecule has 0 saturated carbocycles. The minimum absolute atomic E-state index is 0.328. The minimum Gasteiger partial charge on any atom is -0.311 e. The van der Waals surface area contributed by atoms with E-state index in [0.717, 1.165) is 22.9 Å². The molecular weight excluding hydrogens is 242 g/mol. The van der Waals surface area contributed by atoms with Crippen LogP contribution in [0.15, 0.2) is 24.3 Å². The van der Waals surface area contributed by atoms with E-state index in [1.165, 1.54) is 11.1 Å². The lowest BCUT2D eigenvalue weighted by Gasteiger charge is -2.08. The highest BCUT2D eigenvalue weighted by atomic mass is 32.1. The molecule has 1 aromatic heterocycles. The van der Waals surface area contributed by atoms with E-state index in [4.69, 9.17) is 0 Å². The third-order valence-corrected chi connectivity index (χ3v) is 4.01. The van der Waals surface area contributed by atoms with Gasteiger partial charge in [-0.2, -0.15) is 0 Å². The zero-order valence-corrected chi connectivity index (χ0v) is 11.9. The van der Waals surface area contributed by atoms with Gasteiger partial charge in [0.15, 0.2) is 0 Å². The molecule has 0 fully saturated rings. The van der Waals surface area contributed by atoms with E-state index in [2.05, 4.69) is 53.6 Å². The molecule has 0 radical (unpaired) electrons. The molecule has 0 aliphatic heterocycles. The van der Waals surface area contributed by atoms with Crippen molar-refractivity contribution in [3.63, 3.8) is 0 Å². The van der Waals surface area contributed by atoms with Crippen LogP contribution < -0.4 is 5.32 Å². The van der Waals surface area contributed by atoms with Crippen molar-refractivity contribution in [1.29, 1.82) is 0 Å². The number of nitrogens with one attached hydrogen (secondary N) is 1. The second kappa shape index (κ2) is 6.07. The summed E-state index contributed by atoms with van der Waals surface area (Å²) < 4.78 is 0. The van der Waals surface area contributed by atoms with Crippen molar-refractivity contribution in [1.82, 2.24) is 15.5 Å². The van der Waals surface area contributed by atoms with Gasteiger partial charge in [0.1, 0.15) is 10.0 Å². The predicted octanol–water partition coefficient (Wildman–Crippen LogP) is 3.11. The lowest BCUT2D eigenvalue weighted by molar-refractivity contribution is 0.568. The van der Waals surface area contributed by atoms with Crippen LogP contribution in [0, 0.1) is 6.92 Å². The Balaban J connectivity index is 2.11. The van der Waals surface area contributed by atoms with Crippen molar-refractivity contribution in [3.8, 4) is 0 Å². The molecule has 0 amide bonds. The summed E-state index contributed by atoms with van der Waals surface area (Å²) in [5.74, 6) is 0. The van der Waals surface area contributed by atoms with Crippen LogP contribution in [0.5, 0.6) is 0 Å². The van der Waals surface area contributed by atoms with Crippen molar-refractivity contribution in [3.05, 3.63) is 45.4 Å². The lowest BCUT2D eigenvalue weighted by Crippen LogP contribution is -2.14. The van der Waals surface area contributed by atoms with E-state index in [9.17, 15) is 0 Å². The molecule has 2 aromatic rings. The molecule has 96 valence electrons. The van der Waals surface area contributed by atoms with Crippen LogP contribution in [0.1, 0.15) is 40.5 Å². The third kappa shape index (κ3) is 3.15. The van der Waals surface area contributed by atoms with E-state index < -0.39 is 0 Å². The monoisotopic (exact) mass is 261 g/mol.